The number of nitrogen functional groups attached to an aromatic ring is 1. The van der Waals surface area contributed by atoms with Gasteiger partial charge in [0.05, 0.1) is 24.6 Å². The molecule has 1 aliphatic carbocycles. The molecule has 7 rings (SSSR count). The van der Waals surface area contributed by atoms with Crippen molar-refractivity contribution in [3.8, 4) is 11.3 Å². The third-order valence-electron chi connectivity index (χ3n) is 8.28. The van der Waals surface area contributed by atoms with Gasteiger partial charge in [-0.2, -0.15) is 5.10 Å². The van der Waals surface area contributed by atoms with E-state index in [1.807, 2.05) is 0 Å². The quantitative estimate of drug-likeness (QED) is 0.349. The van der Waals surface area contributed by atoms with Crippen LogP contribution in [0.25, 0.3) is 33.2 Å². The number of nitrogens with one attached hydrogen (secondary N) is 1. The minimum atomic E-state index is 0.310. The van der Waals surface area contributed by atoms with Crippen LogP contribution in [-0.4, -0.2) is 62.0 Å². The lowest BCUT2D eigenvalue weighted by Crippen LogP contribution is -2.45. The van der Waals surface area contributed by atoms with Gasteiger partial charge < -0.3 is 15.5 Å². The average Bonchev–Trinajstić information content (AvgIpc) is 3.56. The summed E-state index contributed by atoms with van der Waals surface area (Å²) < 4.78 is 7.68. The molecule has 5 aromatic rings. The Hall–Kier alpha value is -3.75. The molecule has 8 heteroatoms. The van der Waals surface area contributed by atoms with E-state index in [-0.39, 0.29) is 0 Å². The van der Waals surface area contributed by atoms with Crippen molar-refractivity contribution in [3.63, 3.8) is 0 Å². The average molecular weight is 508 g/mol. The molecule has 2 aromatic carbocycles. The third kappa shape index (κ3) is 4.33. The number of fused-ring (bicyclic) bond motifs is 2. The summed E-state index contributed by atoms with van der Waals surface area (Å²) in [4.78, 5) is 15.2. The summed E-state index contributed by atoms with van der Waals surface area (Å²) in [5.74, 6) is 0.481. The van der Waals surface area contributed by atoms with Crippen LogP contribution in [0, 0.1) is 0 Å². The Kier molecular flexibility index (Phi) is 6.06. The van der Waals surface area contributed by atoms with Gasteiger partial charge >= 0.3 is 0 Å². The van der Waals surface area contributed by atoms with Crippen molar-refractivity contribution in [2.24, 2.45) is 0 Å². The second-order valence-electron chi connectivity index (χ2n) is 10.6. The molecule has 3 N–H and O–H groups in total. The van der Waals surface area contributed by atoms with E-state index in [1.54, 1.807) is 6.33 Å². The highest BCUT2D eigenvalue weighted by molar-refractivity contribution is 6.00. The molecule has 0 spiro atoms. The first kappa shape index (κ1) is 23.4. The Morgan fingerprint density at radius 2 is 1.71 bits per heavy atom. The second-order valence-corrected chi connectivity index (χ2v) is 10.6. The van der Waals surface area contributed by atoms with Crippen LogP contribution < -0.4 is 5.73 Å². The number of morpholine rings is 1. The molecule has 0 radical (unpaired) electrons. The fourth-order valence-electron chi connectivity index (χ4n) is 6.31. The summed E-state index contributed by atoms with van der Waals surface area (Å²) in [5.41, 5.74) is 12.7. The van der Waals surface area contributed by atoms with Gasteiger partial charge in [0.25, 0.3) is 0 Å². The first-order valence-electron chi connectivity index (χ1n) is 13.7. The van der Waals surface area contributed by atoms with E-state index in [4.69, 9.17) is 15.6 Å². The molecule has 1 saturated heterocycles. The number of aromatic amines is 1. The molecule has 1 saturated carbocycles. The molecule has 1 aliphatic heterocycles. The van der Waals surface area contributed by atoms with Crippen molar-refractivity contribution in [2.75, 3.05) is 32.0 Å². The topological polar surface area (TPSA) is 97.9 Å². The van der Waals surface area contributed by atoms with Gasteiger partial charge in [-0.25, -0.2) is 14.6 Å². The molecular weight excluding hydrogens is 474 g/mol. The molecule has 0 atom stereocenters. The second kappa shape index (κ2) is 9.85. The van der Waals surface area contributed by atoms with Crippen LogP contribution in [0.3, 0.4) is 0 Å². The Labute approximate surface area is 221 Å². The van der Waals surface area contributed by atoms with Crippen LogP contribution in [0.5, 0.6) is 0 Å². The zero-order valence-electron chi connectivity index (χ0n) is 21.5. The van der Waals surface area contributed by atoms with E-state index in [0.717, 1.165) is 73.4 Å². The minimum Gasteiger partial charge on any atom is -0.383 e. The molecule has 8 nitrogen and oxygen atoms in total. The number of H-pyrrole nitrogens is 1. The summed E-state index contributed by atoms with van der Waals surface area (Å²) >= 11 is 0. The summed E-state index contributed by atoms with van der Waals surface area (Å²) in [6, 6.07) is 20.2. The first-order valence-corrected chi connectivity index (χ1v) is 13.7. The van der Waals surface area contributed by atoms with Crippen LogP contribution in [0.15, 0.2) is 60.9 Å². The number of anilines is 1. The molecule has 2 aliphatic rings. The fraction of sp³-hybridized carbons (Fsp3) is 0.367. The van der Waals surface area contributed by atoms with E-state index < -0.39 is 0 Å². The number of nitrogens with two attached hydrogens (primary N) is 1. The third-order valence-corrected chi connectivity index (χ3v) is 8.28. The number of aromatic nitrogens is 5. The summed E-state index contributed by atoms with van der Waals surface area (Å²) in [5, 5.41) is 7.18. The van der Waals surface area contributed by atoms with Gasteiger partial charge in [-0.15, -0.1) is 0 Å². The van der Waals surface area contributed by atoms with Crippen molar-refractivity contribution in [1.29, 1.82) is 0 Å². The summed E-state index contributed by atoms with van der Waals surface area (Å²) in [7, 11) is 0. The highest BCUT2D eigenvalue weighted by atomic mass is 16.5. The van der Waals surface area contributed by atoms with Gasteiger partial charge in [0.15, 0.2) is 5.65 Å². The molecule has 38 heavy (non-hydrogen) atoms. The van der Waals surface area contributed by atoms with Crippen LogP contribution in [0.2, 0.25) is 0 Å². The SMILES string of the molecule is Nc1ncnc2c1c(-c1ccc3cc(Cc4ccccc4)[nH]c3c1)nn2[C@H]1CC[C@H](N2CCOCC2)CC1. The van der Waals surface area contributed by atoms with Gasteiger partial charge in [0.2, 0.25) is 0 Å². The van der Waals surface area contributed by atoms with Gasteiger partial charge in [-0.05, 0) is 48.8 Å². The van der Waals surface area contributed by atoms with E-state index in [1.165, 1.54) is 29.5 Å². The monoisotopic (exact) mass is 507 g/mol. The number of hydrogen-bond acceptors (Lipinski definition) is 6. The Balaban J connectivity index is 1.19. The Morgan fingerprint density at radius 1 is 0.921 bits per heavy atom. The standard InChI is InChI=1S/C30H33N7O/c31-29-27-28(22-7-6-21-17-23(34-26(21)18-22)16-20-4-2-1-3-5-20)35-37(30(27)33-19-32-29)25-10-8-24(9-11-25)36-12-14-38-15-13-36/h1-7,17-19,24-25,34H,8-16H2,(H2,31,32,33)/t24-,25-. The van der Waals surface area contributed by atoms with Crippen LogP contribution in [0.4, 0.5) is 5.82 Å². The number of hydrogen-bond donors (Lipinski definition) is 2. The van der Waals surface area contributed by atoms with E-state index in [2.05, 4.69) is 79.1 Å². The Morgan fingerprint density at radius 3 is 2.53 bits per heavy atom. The van der Waals surface area contributed by atoms with Crippen molar-refractivity contribution in [2.45, 2.75) is 44.2 Å². The van der Waals surface area contributed by atoms with Gasteiger partial charge in [-0.1, -0.05) is 42.5 Å². The smallest absolute Gasteiger partial charge is 0.164 e. The lowest BCUT2D eigenvalue weighted by Gasteiger charge is -2.38. The van der Waals surface area contributed by atoms with Crippen molar-refractivity contribution in [1.82, 2.24) is 29.6 Å². The fourth-order valence-corrected chi connectivity index (χ4v) is 6.31. The maximum Gasteiger partial charge on any atom is 0.164 e. The van der Waals surface area contributed by atoms with E-state index in [0.29, 0.717) is 17.9 Å². The maximum atomic E-state index is 6.43. The van der Waals surface area contributed by atoms with Crippen molar-refractivity contribution < 1.29 is 4.74 Å². The van der Waals surface area contributed by atoms with Gasteiger partial charge in [0, 0.05) is 42.3 Å². The lowest BCUT2D eigenvalue weighted by atomic mass is 9.90. The predicted octanol–water partition coefficient (Wildman–Crippen LogP) is 4.96. The van der Waals surface area contributed by atoms with E-state index in [9.17, 15) is 0 Å². The van der Waals surface area contributed by atoms with E-state index >= 15 is 0 Å². The molecule has 0 bridgehead atoms. The predicted molar refractivity (Wildman–Crippen MR) is 150 cm³/mol. The zero-order chi connectivity index (χ0) is 25.5. The van der Waals surface area contributed by atoms with Crippen LogP contribution >= 0.6 is 0 Å². The van der Waals surface area contributed by atoms with Crippen molar-refractivity contribution in [3.05, 3.63) is 72.2 Å². The highest BCUT2D eigenvalue weighted by Gasteiger charge is 2.30. The summed E-state index contributed by atoms with van der Waals surface area (Å²) in [6.07, 6.45) is 6.93. The van der Waals surface area contributed by atoms with Crippen molar-refractivity contribution >= 4 is 27.8 Å². The molecule has 0 amide bonds. The minimum absolute atomic E-state index is 0.310. The van der Waals surface area contributed by atoms with Crippen LogP contribution in [-0.2, 0) is 11.2 Å². The molecular formula is C30H33N7O. The number of benzene rings is 2. The maximum absolute atomic E-state index is 6.43. The molecule has 0 unspecified atom stereocenters. The lowest BCUT2D eigenvalue weighted by molar-refractivity contribution is 0.00520. The highest BCUT2D eigenvalue weighted by Crippen LogP contribution is 2.37. The zero-order valence-corrected chi connectivity index (χ0v) is 21.5. The van der Waals surface area contributed by atoms with Crippen LogP contribution in [0.1, 0.15) is 43.0 Å². The molecule has 4 heterocycles. The van der Waals surface area contributed by atoms with Gasteiger partial charge in [-0.3, -0.25) is 4.90 Å². The first-order chi connectivity index (χ1) is 18.7. The molecule has 2 fully saturated rings. The largest absolute Gasteiger partial charge is 0.383 e. The normalized spacial score (nSPS) is 20.8. The Bertz CT molecular complexity index is 1560. The number of ether oxygens (including phenoxy) is 1. The van der Waals surface area contributed by atoms with Gasteiger partial charge in [0.1, 0.15) is 17.8 Å². The molecule has 3 aromatic heterocycles. The summed E-state index contributed by atoms with van der Waals surface area (Å²) in [6.45, 7) is 3.79. The number of rotatable bonds is 5. The molecule has 194 valence electrons. The number of nitrogens with zero attached hydrogens (tertiary/aromatic N) is 5.